The summed E-state index contributed by atoms with van der Waals surface area (Å²) in [5, 5.41) is 0. The molecule has 2 aromatic rings. The zero-order valence-electron chi connectivity index (χ0n) is 26.2. The van der Waals surface area contributed by atoms with Crippen molar-refractivity contribution in [2.24, 2.45) is 5.41 Å². The Hall–Kier alpha value is -1.58. The van der Waals surface area contributed by atoms with E-state index in [9.17, 15) is 0 Å². The van der Waals surface area contributed by atoms with Crippen molar-refractivity contribution in [3.05, 3.63) is 59.7 Å². The first-order chi connectivity index (χ1) is 18.8. The maximum absolute atomic E-state index is 5.46. The molecule has 1 aliphatic heterocycles. The lowest BCUT2D eigenvalue weighted by Gasteiger charge is -2.45. The third kappa shape index (κ3) is 8.23. The van der Waals surface area contributed by atoms with Gasteiger partial charge < -0.3 is 9.31 Å². The Kier molecular flexibility index (Phi) is 12.6. The van der Waals surface area contributed by atoms with Crippen LogP contribution in [0.3, 0.4) is 0 Å². The fraction of sp³-hybridized carbons (Fsp3) is 0.667. The standard InChI is InChI=1S/C29H42.C7H15BO2/c1-3-5-7-9-11-17-23-29(24-18-12-10-8-6-4-2)27-21-15-13-19-25(27)26-20-14-16-22-28(26)29;1-6(2)5-9-8-10-7(6,3)4/h13-16,19-22H,3-12,17-18,23-24H2,1-2H3;8H,5H2,1-4H3. The lowest BCUT2D eigenvalue weighted by atomic mass is 9.70. The first-order valence-electron chi connectivity index (χ1n) is 16.2. The van der Waals surface area contributed by atoms with Crippen molar-refractivity contribution in [1.82, 2.24) is 0 Å². The van der Waals surface area contributed by atoms with Crippen LogP contribution in [0.15, 0.2) is 48.5 Å². The van der Waals surface area contributed by atoms with Crippen LogP contribution in [0.5, 0.6) is 0 Å². The van der Waals surface area contributed by atoms with Gasteiger partial charge >= 0.3 is 7.69 Å². The van der Waals surface area contributed by atoms with Crippen molar-refractivity contribution in [3.63, 3.8) is 0 Å². The summed E-state index contributed by atoms with van der Waals surface area (Å²) < 4.78 is 10.7. The molecule has 0 radical (unpaired) electrons. The molecule has 0 atom stereocenters. The van der Waals surface area contributed by atoms with E-state index < -0.39 is 0 Å². The summed E-state index contributed by atoms with van der Waals surface area (Å²) in [6, 6.07) is 18.6. The number of rotatable bonds is 14. The summed E-state index contributed by atoms with van der Waals surface area (Å²) in [4.78, 5) is 0. The molecule has 1 fully saturated rings. The Morgan fingerprint density at radius 2 is 1.05 bits per heavy atom. The molecular weight excluding hydrogens is 475 g/mol. The van der Waals surface area contributed by atoms with E-state index in [4.69, 9.17) is 9.31 Å². The van der Waals surface area contributed by atoms with Crippen LogP contribution >= 0.6 is 0 Å². The summed E-state index contributed by atoms with van der Waals surface area (Å²) in [7, 11) is 0.441. The molecule has 0 bridgehead atoms. The molecule has 0 aromatic heterocycles. The molecule has 2 aliphatic rings. The highest BCUT2D eigenvalue weighted by Gasteiger charge is 2.42. The lowest BCUT2D eigenvalue weighted by molar-refractivity contribution is -0.0873. The first-order valence-corrected chi connectivity index (χ1v) is 16.2. The zero-order valence-corrected chi connectivity index (χ0v) is 26.2. The van der Waals surface area contributed by atoms with Gasteiger partial charge in [0.15, 0.2) is 0 Å². The van der Waals surface area contributed by atoms with Crippen LogP contribution in [0.25, 0.3) is 11.1 Å². The first kappa shape index (κ1) is 31.9. The molecular formula is C36H57BO2. The Bertz CT molecular complexity index is 900. The molecule has 1 aliphatic carbocycles. The normalized spacial score (nSPS) is 17.9. The van der Waals surface area contributed by atoms with E-state index in [2.05, 4.69) is 90.1 Å². The van der Waals surface area contributed by atoms with E-state index in [1.54, 1.807) is 11.1 Å². The predicted octanol–water partition coefficient (Wildman–Crippen LogP) is 10.6. The topological polar surface area (TPSA) is 18.5 Å². The average molecular weight is 533 g/mol. The van der Waals surface area contributed by atoms with Crippen LogP contribution in [0, 0.1) is 5.41 Å². The molecule has 1 saturated heterocycles. The fourth-order valence-corrected chi connectivity index (χ4v) is 6.35. The molecule has 0 saturated carbocycles. The highest BCUT2D eigenvalue weighted by Crippen LogP contribution is 2.54. The molecule has 0 unspecified atom stereocenters. The smallest absolute Gasteiger partial charge is 0.413 e. The van der Waals surface area contributed by atoms with Gasteiger partial charge in [0, 0.05) is 17.4 Å². The Labute approximate surface area is 242 Å². The number of unbranched alkanes of at least 4 members (excludes halogenated alkanes) is 10. The summed E-state index contributed by atoms with van der Waals surface area (Å²) in [5.41, 5.74) is 6.56. The third-order valence-electron chi connectivity index (χ3n) is 9.69. The van der Waals surface area contributed by atoms with Crippen molar-refractivity contribution in [3.8, 4) is 11.1 Å². The van der Waals surface area contributed by atoms with Gasteiger partial charge in [0.05, 0.1) is 5.60 Å². The second kappa shape index (κ2) is 15.4. The van der Waals surface area contributed by atoms with Crippen LogP contribution in [-0.4, -0.2) is 19.9 Å². The van der Waals surface area contributed by atoms with E-state index in [0.29, 0.717) is 7.69 Å². The molecule has 39 heavy (non-hydrogen) atoms. The summed E-state index contributed by atoms with van der Waals surface area (Å²) in [6.07, 6.45) is 19.3. The number of fused-ring (bicyclic) bond motifs is 3. The monoisotopic (exact) mass is 532 g/mol. The molecule has 216 valence electrons. The van der Waals surface area contributed by atoms with Crippen molar-refractivity contribution in [1.29, 1.82) is 0 Å². The Morgan fingerprint density at radius 1 is 0.615 bits per heavy atom. The Morgan fingerprint density at radius 3 is 1.46 bits per heavy atom. The third-order valence-corrected chi connectivity index (χ3v) is 9.69. The van der Waals surface area contributed by atoms with Crippen molar-refractivity contribution < 1.29 is 9.31 Å². The lowest BCUT2D eigenvalue weighted by Crippen LogP contribution is -2.50. The Balaban J connectivity index is 0.000000353. The van der Waals surface area contributed by atoms with Gasteiger partial charge in [-0.2, -0.15) is 0 Å². The highest BCUT2D eigenvalue weighted by molar-refractivity contribution is 6.18. The second-order valence-electron chi connectivity index (χ2n) is 13.2. The van der Waals surface area contributed by atoms with Crippen molar-refractivity contribution >= 4 is 7.69 Å². The van der Waals surface area contributed by atoms with Crippen LogP contribution in [-0.2, 0) is 14.7 Å². The maximum Gasteiger partial charge on any atom is 0.438 e. The quantitative estimate of drug-likeness (QED) is 0.178. The van der Waals surface area contributed by atoms with Crippen LogP contribution < -0.4 is 0 Å². The number of hydrogen-bond acceptors (Lipinski definition) is 2. The maximum atomic E-state index is 5.46. The van der Waals surface area contributed by atoms with E-state index in [-0.39, 0.29) is 16.4 Å². The van der Waals surface area contributed by atoms with Gasteiger partial charge in [-0.05, 0) is 48.9 Å². The molecule has 2 aromatic carbocycles. The summed E-state index contributed by atoms with van der Waals surface area (Å²) in [5.74, 6) is 0. The number of hydrogen-bond donors (Lipinski definition) is 0. The molecule has 3 heteroatoms. The SMILES string of the molecule is CC1(C)COBOC1(C)C.CCCCCCCCC1(CCCCCCCC)c2ccccc2-c2ccccc21. The summed E-state index contributed by atoms with van der Waals surface area (Å²) in [6.45, 7) is 13.9. The minimum atomic E-state index is -0.0503. The molecule has 0 spiro atoms. The fourth-order valence-electron chi connectivity index (χ4n) is 6.35. The van der Waals surface area contributed by atoms with E-state index >= 15 is 0 Å². The van der Waals surface area contributed by atoms with E-state index in [0.717, 1.165) is 6.61 Å². The predicted molar refractivity (Wildman–Crippen MR) is 171 cm³/mol. The van der Waals surface area contributed by atoms with Gasteiger partial charge in [-0.3, -0.25) is 0 Å². The van der Waals surface area contributed by atoms with Crippen LogP contribution in [0.2, 0.25) is 0 Å². The molecule has 0 N–H and O–H groups in total. The molecule has 4 rings (SSSR count). The van der Waals surface area contributed by atoms with Gasteiger partial charge in [-0.1, -0.05) is 153 Å². The molecule has 1 heterocycles. The van der Waals surface area contributed by atoms with Gasteiger partial charge in [-0.15, -0.1) is 0 Å². The van der Waals surface area contributed by atoms with E-state index in [1.165, 1.54) is 101 Å². The molecule has 2 nitrogen and oxygen atoms in total. The average Bonchev–Trinajstić information content (AvgIpc) is 3.20. The van der Waals surface area contributed by atoms with E-state index in [1.807, 2.05) is 0 Å². The van der Waals surface area contributed by atoms with Gasteiger partial charge in [0.25, 0.3) is 0 Å². The van der Waals surface area contributed by atoms with Gasteiger partial charge in [0.2, 0.25) is 0 Å². The molecule has 0 amide bonds. The second-order valence-corrected chi connectivity index (χ2v) is 13.2. The largest absolute Gasteiger partial charge is 0.438 e. The van der Waals surface area contributed by atoms with Crippen molar-refractivity contribution in [2.45, 2.75) is 142 Å². The van der Waals surface area contributed by atoms with Crippen molar-refractivity contribution in [2.75, 3.05) is 6.61 Å². The van der Waals surface area contributed by atoms with Crippen LogP contribution in [0.4, 0.5) is 0 Å². The minimum absolute atomic E-state index is 0.0503. The summed E-state index contributed by atoms with van der Waals surface area (Å²) >= 11 is 0. The van der Waals surface area contributed by atoms with Gasteiger partial charge in [0.1, 0.15) is 0 Å². The zero-order chi connectivity index (χ0) is 28.2. The number of benzene rings is 2. The minimum Gasteiger partial charge on any atom is -0.413 e. The van der Waals surface area contributed by atoms with Gasteiger partial charge in [-0.25, -0.2) is 0 Å². The van der Waals surface area contributed by atoms with Crippen LogP contribution in [0.1, 0.15) is 143 Å². The highest BCUT2D eigenvalue weighted by atomic mass is 16.6.